The lowest BCUT2D eigenvalue weighted by molar-refractivity contribution is 0.228. The zero-order valence-corrected chi connectivity index (χ0v) is 10.4. The van der Waals surface area contributed by atoms with Crippen molar-refractivity contribution >= 4 is 17.6 Å². The van der Waals surface area contributed by atoms with E-state index < -0.39 is 0 Å². The topological polar surface area (TPSA) is 67.3 Å². The maximum atomic E-state index is 8.65. The molecule has 6 heteroatoms. The molecule has 0 atom stereocenters. The van der Waals surface area contributed by atoms with Crippen molar-refractivity contribution in [3.63, 3.8) is 0 Å². The Kier molecular flexibility index (Phi) is 5.95. The number of hydrogen-bond donors (Lipinski definition) is 2. The molecule has 0 unspecified atom stereocenters. The molecule has 0 aromatic carbocycles. The molecule has 90 valence electrons. The van der Waals surface area contributed by atoms with Gasteiger partial charge in [-0.1, -0.05) is 11.8 Å². The average molecular weight is 243 g/mol. The molecule has 0 radical (unpaired) electrons. The Balaban J connectivity index is 2.69. The number of anilines is 1. The summed E-state index contributed by atoms with van der Waals surface area (Å²) < 4.78 is 5.41. The Morgan fingerprint density at radius 3 is 2.94 bits per heavy atom. The summed E-state index contributed by atoms with van der Waals surface area (Å²) in [5.41, 5.74) is 0. The van der Waals surface area contributed by atoms with Crippen LogP contribution >= 0.6 is 11.8 Å². The first-order chi connectivity index (χ1) is 7.80. The Bertz CT molecular complexity index is 323. The van der Waals surface area contributed by atoms with Crippen molar-refractivity contribution in [2.24, 2.45) is 0 Å². The maximum absolute atomic E-state index is 8.65. The fourth-order valence-electron chi connectivity index (χ4n) is 1.08. The lowest BCUT2D eigenvalue weighted by atomic mass is 10.5. The zero-order chi connectivity index (χ0) is 11.8. The summed E-state index contributed by atoms with van der Waals surface area (Å²) in [6, 6.07) is 1.76. The molecule has 0 spiro atoms. The molecule has 0 aliphatic heterocycles. The van der Waals surface area contributed by atoms with Crippen LogP contribution in [-0.4, -0.2) is 41.1 Å². The highest BCUT2D eigenvalue weighted by atomic mass is 32.2. The van der Waals surface area contributed by atoms with Gasteiger partial charge >= 0.3 is 0 Å². The molecule has 2 N–H and O–H groups in total. The van der Waals surface area contributed by atoms with Crippen molar-refractivity contribution in [1.82, 2.24) is 9.97 Å². The number of thioether (sulfide) groups is 1. The van der Waals surface area contributed by atoms with Gasteiger partial charge in [-0.15, -0.1) is 0 Å². The molecule has 0 saturated carbocycles. The molecule has 1 aromatic rings. The number of aromatic nitrogens is 2. The molecular weight excluding hydrogens is 226 g/mol. The zero-order valence-electron chi connectivity index (χ0n) is 9.56. The molecule has 1 rings (SSSR count). The first-order valence-electron chi connectivity index (χ1n) is 5.20. The number of aliphatic hydroxyl groups is 1. The molecule has 0 bridgehead atoms. The fraction of sp³-hybridized carbons (Fsp3) is 0.600. The number of ether oxygens (including phenoxy) is 1. The van der Waals surface area contributed by atoms with Crippen molar-refractivity contribution in [2.75, 3.05) is 31.3 Å². The van der Waals surface area contributed by atoms with Gasteiger partial charge in [0, 0.05) is 25.6 Å². The molecule has 0 aliphatic rings. The largest absolute Gasteiger partial charge is 0.477 e. The van der Waals surface area contributed by atoms with E-state index in [9.17, 15) is 0 Å². The fourth-order valence-corrected chi connectivity index (χ4v) is 1.45. The number of nitrogens with one attached hydrogen (secondary N) is 1. The van der Waals surface area contributed by atoms with Crippen LogP contribution in [0.25, 0.3) is 0 Å². The smallest absolute Gasteiger partial charge is 0.219 e. The van der Waals surface area contributed by atoms with Crippen molar-refractivity contribution in [3.8, 4) is 5.88 Å². The second-order valence-electron chi connectivity index (χ2n) is 3.03. The molecule has 0 saturated heterocycles. The Morgan fingerprint density at radius 2 is 2.31 bits per heavy atom. The Hall–Kier alpha value is -1.01. The molecule has 0 aliphatic carbocycles. The molecule has 0 fully saturated rings. The highest BCUT2D eigenvalue weighted by Crippen LogP contribution is 2.18. The van der Waals surface area contributed by atoms with Gasteiger partial charge in [0.25, 0.3) is 0 Å². The molecule has 16 heavy (non-hydrogen) atoms. The summed E-state index contributed by atoms with van der Waals surface area (Å²) in [5, 5.41) is 12.5. The van der Waals surface area contributed by atoms with Crippen molar-refractivity contribution in [2.45, 2.75) is 18.5 Å². The summed E-state index contributed by atoms with van der Waals surface area (Å²) in [6.07, 6.45) is 2.53. The molecule has 5 nitrogen and oxygen atoms in total. The number of nitrogens with zero attached hydrogens (tertiary/aromatic N) is 2. The van der Waals surface area contributed by atoms with E-state index in [4.69, 9.17) is 9.84 Å². The number of hydrogen-bond acceptors (Lipinski definition) is 6. The lowest BCUT2D eigenvalue weighted by Crippen LogP contribution is -2.05. The SMILES string of the molecule is CCNc1cc(OCCCO)nc(SC)n1. The lowest BCUT2D eigenvalue weighted by Gasteiger charge is -2.08. The minimum Gasteiger partial charge on any atom is -0.477 e. The Labute approximate surface area is 99.6 Å². The highest BCUT2D eigenvalue weighted by molar-refractivity contribution is 7.98. The van der Waals surface area contributed by atoms with Crippen LogP contribution in [0.15, 0.2) is 11.2 Å². The molecule has 0 amide bonds. The maximum Gasteiger partial charge on any atom is 0.219 e. The summed E-state index contributed by atoms with van der Waals surface area (Å²) in [4.78, 5) is 8.50. The third-order valence-electron chi connectivity index (χ3n) is 1.77. The summed E-state index contributed by atoms with van der Waals surface area (Å²) in [6.45, 7) is 3.40. The van der Waals surface area contributed by atoms with E-state index in [-0.39, 0.29) is 6.61 Å². The van der Waals surface area contributed by atoms with Crippen molar-refractivity contribution in [1.29, 1.82) is 0 Å². The van der Waals surface area contributed by atoms with Crippen LogP contribution < -0.4 is 10.1 Å². The van der Waals surface area contributed by atoms with E-state index in [0.29, 0.717) is 24.1 Å². The van der Waals surface area contributed by atoms with Crippen LogP contribution in [0.3, 0.4) is 0 Å². The summed E-state index contributed by atoms with van der Waals surface area (Å²) in [5.74, 6) is 1.31. The van der Waals surface area contributed by atoms with Crippen LogP contribution in [0.5, 0.6) is 5.88 Å². The van der Waals surface area contributed by atoms with Gasteiger partial charge in [0.15, 0.2) is 5.16 Å². The first kappa shape index (κ1) is 13.1. The third kappa shape index (κ3) is 4.24. The van der Waals surface area contributed by atoms with Gasteiger partial charge in [0.05, 0.1) is 6.61 Å². The van der Waals surface area contributed by atoms with E-state index in [1.165, 1.54) is 11.8 Å². The van der Waals surface area contributed by atoms with E-state index in [2.05, 4.69) is 15.3 Å². The molecule has 1 aromatic heterocycles. The van der Waals surface area contributed by atoms with E-state index in [1.807, 2.05) is 13.2 Å². The van der Waals surface area contributed by atoms with Gasteiger partial charge in [-0.05, 0) is 13.2 Å². The van der Waals surface area contributed by atoms with Crippen LogP contribution in [0, 0.1) is 0 Å². The number of aliphatic hydroxyl groups excluding tert-OH is 1. The van der Waals surface area contributed by atoms with Crippen LogP contribution in [0.2, 0.25) is 0 Å². The second kappa shape index (κ2) is 7.29. The van der Waals surface area contributed by atoms with E-state index >= 15 is 0 Å². The normalized spacial score (nSPS) is 10.2. The van der Waals surface area contributed by atoms with Crippen molar-refractivity contribution in [3.05, 3.63) is 6.07 Å². The van der Waals surface area contributed by atoms with Crippen LogP contribution in [0.1, 0.15) is 13.3 Å². The van der Waals surface area contributed by atoms with Crippen LogP contribution in [-0.2, 0) is 0 Å². The number of rotatable bonds is 7. The van der Waals surface area contributed by atoms with Gasteiger partial charge in [-0.2, -0.15) is 4.98 Å². The first-order valence-corrected chi connectivity index (χ1v) is 6.43. The van der Waals surface area contributed by atoms with Gasteiger partial charge in [0.1, 0.15) is 5.82 Å². The quantitative estimate of drug-likeness (QED) is 0.428. The standard InChI is InChI=1S/C10H17N3O2S/c1-3-11-8-7-9(15-6-4-5-14)13-10(12-8)16-2/h7,14H,3-6H2,1-2H3,(H,11,12,13). The molecular formula is C10H17N3O2S. The predicted octanol–water partition coefficient (Wildman–Crippen LogP) is 1.39. The minimum absolute atomic E-state index is 0.126. The highest BCUT2D eigenvalue weighted by Gasteiger charge is 2.04. The predicted molar refractivity (Wildman–Crippen MR) is 65.2 cm³/mol. The van der Waals surface area contributed by atoms with Gasteiger partial charge in [0.2, 0.25) is 5.88 Å². The monoisotopic (exact) mass is 243 g/mol. The third-order valence-corrected chi connectivity index (χ3v) is 2.32. The van der Waals surface area contributed by atoms with Gasteiger partial charge in [-0.25, -0.2) is 4.98 Å². The van der Waals surface area contributed by atoms with E-state index in [0.717, 1.165) is 12.4 Å². The minimum atomic E-state index is 0.126. The summed E-state index contributed by atoms with van der Waals surface area (Å²) in [7, 11) is 0. The molecule has 1 heterocycles. The van der Waals surface area contributed by atoms with E-state index in [1.54, 1.807) is 6.07 Å². The summed E-state index contributed by atoms with van der Waals surface area (Å²) >= 11 is 1.47. The Morgan fingerprint density at radius 1 is 1.50 bits per heavy atom. The van der Waals surface area contributed by atoms with Gasteiger partial charge in [-0.3, -0.25) is 0 Å². The van der Waals surface area contributed by atoms with Gasteiger partial charge < -0.3 is 15.2 Å². The second-order valence-corrected chi connectivity index (χ2v) is 3.81. The van der Waals surface area contributed by atoms with Crippen molar-refractivity contribution < 1.29 is 9.84 Å². The van der Waals surface area contributed by atoms with Crippen LogP contribution in [0.4, 0.5) is 5.82 Å². The average Bonchev–Trinajstić information content (AvgIpc) is 2.29.